The second-order valence-corrected chi connectivity index (χ2v) is 5.98. The molecule has 0 radical (unpaired) electrons. The topological polar surface area (TPSA) is 53.0 Å². The maximum Gasteiger partial charge on any atom is 0.329 e. The first-order chi connectivity index (χ1) is 11.6. The number of oxazole rings is 1. The van der Waals surface area contributed by atoms with Gasteiger partial charge in [-0.05, 0) is 36.4 Å². The monoisotopic (exact) mass is 339 g/mol. The van der Waals surface area contributed by atoms with Crippen molar-refractivity contribution in [2.24, 2.45) is 7.05 Å². The lowest BCUT2D eigenvalue weighted by molar-refractivity contribution is 0.487. The number of fused-ring (bicyclic) bond motifs is 1. The molecule has 0 amide bonds. The van der Waals surface area contributed by atoms with Crippen LogP contribution in [0.1, 0.15) is 5.89 Å². The van der Waals surface area contributed by atoms with Crippen LogP contribution in [0.25, 0.3) is 22.4 Å². The normalized spacial score (nSPS) is 11.2. The van der Waals surface area contributed by atoms with Crippen LogP contribution in [0.5, 0.6) is 0 Å². The molecule has 2 aromatic heterocycles. The minimum absolute atomic E-state index is 0.0950. The van der Waals surface area contributed by atoms with E-state index in [0.717, 1.165) is 16.6 Å². The second kappa shape index (κ2) is 5.69. The molecular weight excluding hydrogens is 326 g/mol. The Morgan fingerprint density at radius 2 is 1.79 bits per heavy atom. The van der Waals surface area contributed by atoms with Crippen molar-refractivity contribution in [3.63, 3.8) is 0 Å². The molecule has 0 aliphatic carbocycles. The van der Waals surface area contributed by atoms with Crippen molar-refractivity contribution >= 4 is 22.6 Å². The molecule has 120 valence electrons. The molecule has 0 fully saturated rings. The zero-order chi connectivity index (χ0) is 16.7. The number of halogens is 1. The number of benzene rings is 2. The Morgan fingerprint density at radius 1 is 1.08 bits per heavy atom. The summed E-state index contributed by atoms with van der Waals surface area (Å²) in [6, 6.07) is 15.0. The van der Waals surface area contributed by atoms with E-state index in [1.54, 1.807) is 34.5 Å². The maximum absolute atomic E-state index is 12.4. The van der Waals surface area contributed by atoms with Crippen molar-refractivity contribution in [1.82, 2.24) is 14.1 Å². The van der Waals surface area contributed by atoms with Crippen molar-refractivity contribution < 1.29 is 4.42 Å². The molecule has 0 unspecified atom stereocenters. The third kappa shape index (κ3) is 2.43. The highest BCUT2D eigenvalue weighted by atomic mass is 35.5. The van der Waals surface area contributed by atoms with Crippen LogP contribution in [0.15, 0.2) is 63.9 Å². The highest BCUT2D eigenvalue weighted by Crippen LogP contribution is 2.23. The average Bonchev–Trinajstić information content (AvgIpc) is 3.16. The molecule has 0 saturated heterocycles. The summed E-state index contributed by atoms with van der Waals surface area (Å²) in [4.78, 5) is 16.7. The molecule has 0 N–H and O–H groups in total. The van der Waals surface area contributed by atoms with Gasteiger partial charge in [0.05, 0.1) is 17.2 Å². The fraction of sp³-hybridized carbons (Fsp3) is 0.111. The van der Waals surface area contributed by atoms with Gasteiger partial charge in [0.15, 0.2) is 5.76 Å². The molecule has 0 spiro atoms. The fourth-order valence-corrected chi connectivity index (χ4v) is 2.91. The first-order valence-corrected chi connectivity index (χ1v) is 7.86. The predicted octanol–water partition coefficient (Wildman–Crippen LogP) is 3.70. The maximum atomic E-state index is 12.4. The van der Waals surface area contributed by atoms with Crippen molar-refractivity contribution in [2.75, 3.05) is 0 Å². The number of para-hydroxylation sites is 2. The van der Waals surface area contributed by atoms with E-state index in [9.17, 15) is 4.79 Å². The first kappa shape index (κ1) is 14.8. The number of aromatic nitrogens is 3. The van der Waals surface area contributed by atoms with E-state index < -0.39 is 0 Å². The van der Waals surface area contributed by atoms with Gasteiger partial charge in [0, 0.05) is 17.6 Å². The molecule has 0 aliphatic heterocycles. The van der Waals surface area contributed by atoms with E-state index in [0.29, 0.717) is 16.7 Å². The highest BCUT2D eigenvalue weighted by molar-refractivity contribution is 6.30. The summed E-state index contributed by atoms with van der Waals surface area (Å²) in [6.45, 7) is 0.285. The Kier molecular flexibility index (Phi) is 3.50. The number of imidazole rings is 1. The summed E-state index contributed by atoms with van der Waals surface area (Å²) < 4.78 is 9.09. The number of hydrogen-bond acceptors (Lipinski definition) is 3. The SMILES string of the molecule is Cn1c(=O)n(Cc2ncc(-c3ccc(Cl)cc3)o2)c2ccccc21. The van der Waals surface area contributed by atoms with Crippen LogP contribution in [0.3, 0.4) is 0 Å². The standard InChI is InChI=1S/C18H14ClN3O2/c1-21-14-4-2-3-5-15(14)22(18(21)23)11-17-20-10-16(24-17)12-6-8-13(19)9-7-12/h2-10H,11H2,1H3. The molecule has 2 aromatic carbocycles. The van der Waals surface area contributed by atoms with Gasteiger partial charge < -0.3 is 4.42 Å². The van der Waals surface area contributed by atoms with Crippen molar-refractivity contribution in [1.29, 1.82) is 0 Å². The molecular formula is C18H14ClN3O2. The van der Waals surface area contributed by atoms with Gasteiger partial charge in [-0.15, -0.1) is 0 Å². The lowest BCUT2D eigenvalue weighted by Gasteiger charge is -2.00. The lowest BCUT2D eigenvalue weighted by atomic mass is 10.2. The zero-order valence-corrected chi connectivity index (χ0v) is 13.7. The quantitative estimate of drug-likeness (QED) is 0.572. The Bertz CT molecular complexity index is 1070. The van der Waals surface area contributed by atoms with Gasteiger partial charge in [-0.2, -0.15) is 0 Å². The minimum atomic E-state index is -0.0950. The molecule has 24 heavy (non-hydrogen) atoms. The zero-order valence-electron chi connectivity index (χ0n) is 12.9. The molecule has 0 bridgehead atoms. The molecule has 4 aromatic rings. The van der Waals surface area contributed by atoms with Crippen LogP contribution in [0.4, 0.5) is 0 Å². The van der Waals surface area contributed by atoms with Crippen LogP contribution < -0.4 is 5.69 Å². The molecule has 6 heteroatoms. The van der Waals surface area contributed by atoms with Crippen LogP contribution in [-0.2, 0) is 13.6 Å². The minimum Gasteiger partial charge on any atom is -0.439 e. The summed E-state index contributed by atoms with van der Waals surface area (Å²) in [5.74, 6) is 1.13. The van der Waals surface area contributed by atoms with E-state index in [1.807, 2.05) is 36.4 Å². The molecule has 2 heterocycles. The highest BCUT2D eigenvalue weighted by Gasteiger charge is 2.13. The Balaban J connectivity index is 1.71. The lowest BCUT2D eigenvalue weighted by Crippen LogP contribution is -2.22. The van der Waals surface area contributed by atoms with Gasteiger partial charge in [0.25, 0.3) is 0 Å². The van der Waals surface area contributed by atoms with Gasteiger partial charge in [-0.1, -0.05) is 23.7 Å². The largest absolute Gasteiger partial charge is 0.439 e. The third-order valence-electron chi connectivity index (χ3n) is 4.03. The molecule has 0 aliphatic rings. The van der Waals surface area contributed by atoms with Crippen LogP contribution in [0.2, 0.25) is 5.02 Å². The van der Waals surface area contributed by atoms with Crippen molar-refractivity contribution in [3.05, 3.63) is 76.1 Å². The summed E-state index contributed by atoms with van der Waals surface area (Å²) in [5, 5.41) is 0.667. The van der Waals surface area contributed by atoms with E-state index in [2.05, 4.69) is 4.98 Å². The first-order valence-electron chi connectivity index (χ1n) is 7.48. The number of rotatable bonds is 3. The predicted molar refractivity (Wildman–Crippen MR) is 93.2 cm³/mol. The van der Waals surface area contributed by atoms with Gasteiger partial charge in [0.1, 0.15) is 6.54 Å². The summed E-state index contributed by atoms with van der Waals surface area (Å²) >= 11 is 5.90. The molecule has 0 atom stereocenters. The van der Waals surface area contributed by atoms with Crippen LogP contribution in [0, 0.1) is 0 Å². The Morgan fingerprint density at radius 3 is 2.54 bits per heavy atom. The summed E-state index contributed by atoms with van der Waals surface area (Å²) in [5.41, 5.74) is 2.54. The fourth-order valence-electron chi connectivity index (χ4n) is 2.78. The third-order valence-corrected chi connectivity index (χ3v) is 4.28. The van der Waals surface area contributed by atoms with Gasteiger partial charge >= 0.3 is 5.69 Å². The van der Waals surface area contributed by atoms with E-state index >= 15 is 0 Å². The molecule has 5 nitrogen and oxygen atoms in total. The summed E-state index contributed by atoms with van der Waals surface area (Å²) in [6.07, 6.45) is 1.66. The Hall–Kier alpha value is -2.79. The van der Waals surface area contributed by atoms with E-state index in [-0.39, 0.29) is 12.2 Å². The van der Waals surface area contributed by atoms with Gasteiger partial charge in [-0.25, -0.2) is 9.78 Å². The van der Waals surface area contributed by atoms with Gasteiger partial charge in [-0.3, -0.25) is 9.13 Å². The van der Waals surface area contributed by atoms with Crippen LogP contribution >= 0.6 is 11.6 Å². The Labute approximate surface area is 142 Å². The number of hydrogen-bond donors (Lipinski definition) is 0. The number of nitrogens with zero attached hydrogens (tertiary/aromatic N) is 3. The summed E-state index contributed by atoms with van der Waals surface area (Å²) in [7, 11) is 1.76. The van der Waals surface area contributed by atoms with Gasteiger partial charge in [0.2, 0.25) is 5.89 Å². The second-order valence-electron chi connectivity index (χ2n) is 5.54. The van der Waals surface area contributed by atoms with Crippen LogP contribution in [-0.4, -0.2) is 14.1 Å². The average molecular weight is 340 g/mol. The molecule has 0 saturated carbocycles. The van der Waals surface area contributed by atoms with Crippen molar-refractivity contribution in [2.45, 2.75) is 6.54 Å². The van der Waals surface area contributed by atoms with E-state index in [4.69, 9.17) is 16.0 Å². The molecule has 4 rings (SSSR count). The number of aryl methyl sites for hydroxylation is 1. The smallest absolute Gasteiger partial charge is 0.329 e. The van der Waals surface area contributed by atoms with Crippen molar-refractivity contribution in [3.8, 4) is 11.3 Å². The van der Waals surface area contributed by atoms with E-state index in [1.165, 1.54) is 0 Å².